The highest BCUT2D eigenvalue weighted by Crippen LogP contribution is 2.40. The first-order valence-electron chi connectivity index (χ1n) is 9.70. The lowest BCUT2D eigenvalue weighted by Gasteiger charge is -2.40. The van der Waals surface area contributed by atoms with Gasteiger partial charge in [0, 0.05) is 30.2 Å². The van der Waals surface area contributed by atoms with Crippen LogP contribution in [0.3, 0.4) is 0 Å². The highest BCUT2D eigenvalue weighted by molar-refractivity contribution is 5.28. The molecule has 1 aliphatic rings. The molecule has 0 bridgehead atoms. The summed E-state index contributed by atoms with van der Waals surface area (Å²) in [6.45, 7) is 4.33. The maximum absolute atomic E-state index is 5.06. The highest BCUT2D eigenvalue weighted by Gasteiger charge is 2.32. The van der Waals surface area contributed by atoms with Crippen molar-refractivity contribution >= 4 is 0 Å². The summed E-state index contributed by atoms with van der Waals surface area (Å²) < 4.78 is 0. The van der Waals surface area contributed by atoms with Crippen LogP contribution in [0.1, 0.15) is 65.2 Å². The number of nitrogens with one attached hydrogen (secondary N) is 1. The summed E-state index contributed by atoms with van der Waals surface area (Å²) in [6, 6.07) is 9.19. The summed E-state index contributed by atoms with van der Waals surface area (Å²) in [5.41, 5.74) is 7.12. The molecule has 140 valence electrons. The van der Waals surface area contributed by atoms with Crippen LogP contribution in [0, 0.1) is 13.8 Å². The van der Waals surface area contributed by atoms with Crippen molar-refractivity contribution in [1.82, 2.24) is 24.8 Å². The summed E-state index contributed by atoms with van der Waals surface area (Å²) >= 11 is 0. The zero-order chi connectivity index (χ0) is 18.8. The third-order valence-electron chi connectivity index (χ3n) is 5.74. The molecule has 0 amide bonds. The number of nitrogens with zero attached hydrogens (tertiary/aromatic N) is 4. The van der Waals surface area contributed by atoms with E-state index in [1.54, 1.807) is 6.33 Å². The second kappa shape index (κ2) is 7.61. The number of piperidine rings is 1. The van der Waals surface area contributed by atoms with Gasteiger partial charge in [-0.05, 0) is 63.4 Å². The molecule has 0 spiro atoms. The third-order valence-corrected chi connectivity index (χ3v) is 5.74. The highest BCUT2D eigenvalue weighted by atomic mass is 15.2. The third kappa shape index (κ3) is 3.65. The maximum atomic E-state index is 5.06. The van der Waals surface area contributed by atoms with Crippen LogP contribution < -0.4 is 0 Å². The summed E-state index contributed by atoms with van der Waals surface area (Å²) in [7, 11) is 2.23. The van der Waals surface area contributed by atoms with Crippen molar-refractivity contribution in [3.05, 3.63) is 76.9 Å². The van der Waals surface area contributed by atoms with Crippen molar-refractivity contribution in [3.63, 3.8) is 0 Å². The molecule has 0 aliphatic carbocycles. The molecular weight excluding hydrogens is 334 g/mol. The number of hydrogen-bond acceptors (Lipinski definition) is 4. The second-order valence-corrected chi connectivity index (χ2v) is 7.59. The lowest BCUT2D eigenvalue weighted by molar-refractivity contribution is 0.108. The summed E-state index contributed by atoms with van der Waals surface area (Å²) in [5, 5.41) is 0. The van der Waals surface area contributed by atoms with Crippen LogP contribution in [0.5, 0.6) is 0 Å². The quantitative estimate of drug-likeness (QED) is 0.752. The predicted octanol–water partition coefficient (Wildman–Crippen LogP) is 4.31. The van der Waals surface area contributed by atoms with E-state index in [0.29, 0.717) is 12.1 Å². The number of aryl methyl sites for hydroxylation is 2. The molecule has 4 rings (SSSR count). The van der Waals surface area contributed by atoms with Crippen LogP contribution in [-0.4, -0.2) is 31.9 Å². The lowest BCUT2D eigenvalue weighted by Crippen LogP contribution is -2.35. The van der Waals surface area contributed by atoms with Gasteiger partial charge < -0.3 is 4.98 Å². The normalized spacial score (nSPS) is 20.7. The van der Waals surface area contributed by atoms with E-state index in [1.807, 2.05) is 18.5 Å². The van der Waals surface area contributed by atoms with Gasteiger partial charge >= 0.3 is 0 Å². The second-order valence-electron chi connectivity index (χ2n) is 7.59. The van der Waals surface area contributed by atoms with Gasteiger partial charge in [0.15, 0.2) is 0 Å². The Balaban J connectivity index is 1.63. The van der Waals surface area contributed by atoms with Gasteiger partial charge in [0.05, 0.1) is 29.8 Å². The number of rotatable bonds is 4. The van der Waals surface area contributed by atoms with E-state index in [4.69, 9.17) is 9.97 Å². The van der Waals surface area contributed by atoms with Gasteiger partial charge in [-0.15, -0.1) is 0 Å². The molecule has 4 heterocycles. The SMILES string of the molecule is Cc1ccc(Cc2cnc[nH]2)nc1[C@H]1CCC[C@@H](c2ncccc2C)N1C. The average molecular weight is 361 g/mol. The van der Waals surface area contributed by atoms with Crippen LogP contribution in [0.2, 0.25) is 0 Å². The molecule has 1 aliphatic heterocycles. The molecule has 1 fully saturated rings. The molecule has 0 unspecified atom stereocenters. The van der Waals surface area contributed by atoms with Crippen molar-refractivity contribution < 1.29 is 0 Å². The number of pyridine rings is 2. The Morgan fingerprint density at radius 3 is 2.59 bits per heavy atom. The Hall–Kier alpha value is -2.53. The standard InChI is InChI=1S/C22H27N5/c1-15-6-5-11-24-21(15)19-7-4-8-20(27(19)3)22-16(2)9-10-17(26-22)12-18-13-23-14-25-18/h5-6,9-11,13-14,19-20H,4,7-8,12H2,1-3H3,(H,23,25)/t19-,20+/m0/s1. The monoisotopic (exact) mass is 361 g/mol. The first kappa shape index (κ1) is 17.9. The molecule has 0 radical (unpaired) electrons. The van der Waals surface area contributed by atoms with Crippen molar-refractivity contribution in [1.29, 1.82) is 0 Å². The lowest BCUT2D eigenvalue weighted by atomic mass is 9.89. The number of likely N-dealkylation sites (tertiary alicyclic amines) is 1. The molecule has 3 aromatic heterocycles. The fourth-order valence-corrected chi connectivity index (χ4v) is 4.23. The Bertz CT molecular complexity index is 903. The van der Waals surface area contributed by atoms with Crippen LogP contribution in [-0.2, 0) is 6.42 Å². The molecule has 3 aromatic rings. The van der Waals surface area contributed by atoms with Crippen LogP contribution in [0.15, 0.2) is 43.0 Å². The Labute approximate surface area is 160 Å². The number of hydrogen-bond donors (Lipinski definition) is 1. The number of H-pyrrole nitrogens is 1. The van der Waals surface area contributed by atoms with E-state index in [9.17, 15) is 0 Å². The summed E-state index contributed by atoms with van der Waals surface area (Å²) in [5.74, 6) is 0. The van der Waals surface area contributed by atoms with Gasteiger partial charge in [-0.25, -0.2) is 4.98 Å². The van der Waals surface area contributed by atoms with E-state index >= 15 is 0 Å². The number of imidazole rings is 1. The van der Waals surface area contributed by atoms with Crippen LogP contribution in [0.25, 0.3) is 0 Å². The van der Waals surface area contributed by atoms with Gasteiger partial charge in [-0.2, -0.15) is 0 Å². The Kier molecular flexibility index (Phi) is 5.03. The van der Waals surface area contributed by atoms with E-state index in [2.05, 4.69) is 54.0 Å². The molecular formula is C22H27N5. The summed E-state index contributed by atoms with van der Waals surface area (Å²) in [4.78, 5) is 19.5. The number of aromatic nitrogens is 4. The zero-order valence-electron chi connectivity index (χ0n) is 16.3. The minimum absolute atomic E-state index is 0.326. The van der Waals surface area contributed by atoms with Gasteiger partial charge in [0.2, 0.25) is 0 Å². The van der Waals surface area contributed by atoms with Crippen LogP contribution >= 0.6 is 0 Å². The first-order chi connectivity index (χ1) is 13.1. The Morgan fingerprint density at radius 1 is 1.07 bits per heavy atom. The van der Waals surface area contributed by atoms with Gasteiger partial charge in [-0.3, -0.25) is 14.9 Å². The first-order valence-corrected chi connectivity index (χ1v) is 9.70. The van der Waals surface area contributed by atoms with Crippen molar-refractivity contribution in [2.75, 3.05) is 7.05 Å². The van der Waals surface area contributed by atoms with Gasteiger partial charge in [-0.1, -0.05) is 12.1 Å². The fraction of sp³-hybridized carbons (Fsp3) is 0.409. The minimum Gasteiger partial charge on any atom is -0.348 e. The van der Waals surface area contributed by atoms with Gasteiger partial charge in [0.25, 0.3) is 0 Å². The molecule has 0 saturated carbocycles. The van der Waals surface area contributed by atoms with Crippen LogP contribution in [0.4, 0.5) is 0 Å². The number of aromatic amines is 1. The van der Waals surface area contributed by atoms with Crippen molar-refractivity contribution in [3.8, 4) is 0 Å². The molecule has 5 nitrogen and oxygen atoms in total. The largest absolute Gasteiger partial charge is 0.348 e. The van der Waals surface area contributed by atoms with E-state index in [0.717, 1.165) is 30.7 Å². The van der Waals surface area contributed by atoms with Crippen molar-refractivity contribution in [2.24, 2.45) is 0 Å². The Morgan fingerprint density at radius 2 is 1.85 bits per heavy atom. The molecule has 2 atom stereocenters. The van der Waals surface area contributed by atoms with E-state index in [-0.39, 0.29) is 0 Å². The maximum Gasteiger partial charge on any atom is 0.0921 e. The molecule has 1 N–H and O–H groups in total. The van der Waals surface area contributed by atoms with E-state index < -0.39 is 0 Å². The predicted molar refractivity (Wildman–Crippen MR) is 106 cm³/mol. The minimum atomic E-state index is 0.326. The van der Waals surface area contributed by atoms with Crippen molar-refractivity contribution in [2.45, 2.75) is 51.6 Å². The smallest absolute Gasteiger partial charge is 0.0921 e. The van der Waals surface area contributed by atoms with E-state index in [1.165, 1.54) is 28.9 Å². The summed E-state index contributed by atoms with van der Waals surface area (Å²) in [6.07, 6.45) is 9.77. The molecule has 5 heteroatoms. The zero-order valence-corrected chi connectivity index (χ0v) is 16.3. The average Bonchev–Trinajstić information content (AvgIpc) is 3.18. The molecule has 27 heavy (non-hydrogen) atoms. The van der Waals surface area contributed by atoms with Gasteiger partial charge in [0.1, 0.15) is 0 Å². The molecule has 0 aromatic carbocycles. The topological polar surface area (TPSA) is 57.7 Å². The fourth-order valence-electron chi connectivity index (χ4n) is 4.23. The molecule has 1 saturated heterocycles.